The fourth-order valence-corrected chi connectivity index (χ4v) is 2.82. The molecule has 0 radical (unpaired) electrons. The molecule has 0 fully saturated rings. The van der Waals surface area contributed by atoms with Crippen molar-refractivity contribution in [2.24, 2.45) is 0 Å². The Morgan fingerprint density at radius 2 is 1.14 bits per heavy atom. The van der Waals surface area contributed by atoms with E-state index < -0.39 is 0 Å². The van der Waals surface area contributed by atoms with E-state index >= 15 is 0 Å². The van der Waals surface area contributed by atoms with Gasteiger partial charge in [0.05, 0.1) is 12.2 Å². The number of hydrogen-bond acceptors (Lipinski definition) is 4. The summed E-state index contributed by atoms with van der Waals surface area (Å²) in [7, 11) is 1.77. The molecule has 134 valence electrons. The zero-order valence-electron chi connectivity index (χ0n) is 15.1. The van der Waals surface area contributed by atoms with E-state index in [4.69, 9.17) is 4.74 Å². The highest BCUT2D eigenvalue weighted by Gasteiger charge is 2.10. The lowest BCUT2D eigenvalue weighted by Crippen LogP contribution is -2.36. The summed E-state index contributed by atoms with van der Waals surface area (Å²) in [5.41, 5.74) is 0. The van der Waals surface area contributed by atoms with Crippen molar-refractivity contribution in [3.63, 3.8) is 0 Å². The third-order valence-electron chi connectivity index (χ3n) is 3.87. The van der Waals surface area contributed by atoms with Gasteiger partial charge >= 0.3 is 0 Å². The third-order valence-corrected chi connectivity index (χ3v) is 3.87. The van der Waals surface area contributed by atoms with Crippen molar-refractivity contribution in [1.82, 2.24) is 4.90 Å². The first-order valence-electron chi connectivity index (χ1n) is 9.13. The normalized spacial score (nSPS) is 14.5. The monoisotopic (exact) mass is 317 g/mol. The molecule has 2 atom stereocenters. The van der Waals surface area contributed by atoms with Crippen LogP contribution in [-0.4, -0.2) is 60.7 Å². The van der Waals surface area contributed by atoms with Crippen LogP contribution in [0, 0.1) is 0 Å². The lowest BCUT2D eigenvalue weighted by molar-refractivity contribution is 0.0825. The van der Waals surface area contributed by atoms with E-state index in [1.807, 2.05) is 13.8 Å². The summed E-state index contributed by atoms with van der Waals surface area (Å²) in [6, 6.07) is 0. The summed E-state index contributed by atoms with van der Waals surface area (Å²) < 4.78 is 5.05. The Morgan fingerprint density at radius 1 is 0.727 bits per heavy atom. The molecule has 2 unspecified atom stereocenters. The van der Waals surface area contributed by atoms with Crippen LogP contribution in [0.15, 0.2) is 0 Å². The maximum Gasteiger partial charge on any atom is 0.0639 e. The van der Waals surface area contributed by atoms with Crippen LogP contribution in [0.4, 0.5) is 0 Å². The number of unbranched alkanes of at least 4 members (excludes halogenated alkanes) is 8. The second kappa shape index (κ2) is 15.7. The van der Waals surface area contributed by atoms with Gasteiger partial charge in [-0.25, -0.2) is 0 Å². The van der Waals surface area contributed by atoms with Crippen molar-refractivity contribution in [1.29, 1.82) is 0 Å². The van der Waals surface area contributed by atoms with Crippen LogP contribution in [0.2, 0.25) is 0 Å². The second-order valence-corrected chi connectivity index (χ2v) is 6.63. The molecular formula is C18H39NO3. The van der Waals surface area contributed by atoms with E-state index in [0.29, 0.717) is 13.1 Å². The number of aliphatic hydroxyl groups excluding tert-OH is 2. The largest absolute Gasteiger partial charge is 0.392 e. The van der Waals surface area contributed by atoms with Gasteiger partial charge in [0, 0.05) is 26.8 Å². The van der Waals surface area contributed by atoms with E-state index in [2.05, 4.69) is 4.90 Å². The van der Waals surface area contributed by atoms with Crippen LogP contribution in [0.5, 0.6) is 0 Å². The van der Waals surface area contributed by atoms with Gasteiger partial charge < -0.3 is 14.9 Å². The molecule has 0 aromatic rings. The molecule has 0 saturated heterocycles. The summed E-state index contributed by atoms with van der Waals surface area (Å²) in [5, 5.41) is 19.0. The molecule has 0 rings (SSSR count). The summed E-state index contributed by atoms with van der Waals surface area (Å²) in [5.74, 6) is 0. The molecule has 0 saturated carbocycles. The van der Waals surface area contributed by atoms with Crippen molar-refractivity contribution in [2.45, 2.75) is 83.8 Å². The number of rotatable bonds is 16. The topological polar surface area (TPSA) is 52.9 Å². The smallest absolute Gasteiger partial charge is 0.0639 e. The van der Waals surface area contributed by atoms with Crippen molar-refractivity contribution < 1.29 is 14.9 Å². The van der Waals surface area contributed by atoms with Crippen LogP contribution in [0.25, 0.3) is 0 Å². The highest BCUT2D eigenvalue weighted by atomic mass is 16.5. The SMILES string of the molecule is COCCCCCCCCCCCN(CC(C)O)CC(C)O. The summed E-state index contributed by atoms with van der Waals surface area (Å²) >= 11 is 0. The molecule has 0 spiro atoms. The molecule has 0 heterocycles. The molecule has 0 bridgehead atoms. The van der Waals surface area contributed by atoms with E-state index in [1.165, 1.54) is 51.4 Å². The van der Waals surface area contributed by atoms with Crippen LogP contribution < -0.4 is 0 Å². The first-order chi connectivity index (χ1) is 10.6. The molecule has 0 aliphatic heterocycles. The Balaban J connectivity index is 3.41. The molecule has 4 nitrogen and oxygen atoms in total. The van der Waals surface area contributed by atoms with E-state index in [9.17, 15) is 10.2 Å². The molecule has 22 heavy (non-hydrogen) atoms. The minimum atomic E-state index is -0.322. The summed E-state index contributed by atoms with van der Waals surface area (Å²) in [6.07, 6.45) is 10.9. The number of nitrogens with zero attached hydrogens (tertiary/aromatic N) is 1. The van der Waals surface area contributed by atoms with Crippen LogP contribution in [0.3, 0.4) is 0 Å². The van der Waals surface area contributed by atoms with Gasteiger partial charge in [-0.1, -0.05) is 44.9 Å². The molecular weight excluding hydrogens is 278 g/mol. The average Bonchev–Trinajstić information content (AvgIpc) is 2.43. The van der Waals surface area contributed by atoms with Gasteiger partial charge in [-0.05, 0) is 33.2 Å². The zero-order valence-corrected chi connectivity index (χ0v) is 15.1. The number of hydrogen-bond donors (Lipinski definition) is 2. The molecule has 0 aliphatic carbocycles. The molecule has 2 N–H and O–H groups in total. The van der Waals surface area contributed by atoms with E-state index in [0.717, 1.165) is 19.6 Å². The van der Waals surface area contributed by atoms with Crippen LogP contribution in [0.1, 0.15) is 71.6 Å². The predicted molar refractivity (Wildman–Crippen MR) is 93.2 cm³/mol. The number of ether oxygens (including phenoxy) is 1. The van der Waals surface area contributed by atoms with Crippen LogP contribution >= 0.6 is 0 Å². The van der Waals surface area contributed by atoms with Gasteiger partial charge in [-0.15, -0.1) is 0 Å². The predicted octanol–water partition coefficient (Wildman–Crippen LogP) is 3.21. The van der Waals surface area contributed by atoms with Gasteiger partial charge in [0.2, 0.25) is 0 Å². The molecule has 0 amide bonds. The maximum atomic E-state index is 9.48. The Bertz CT molecular complexity index is 212. The minimum absolute atomic E-state index is 0.322. The van der Waals surface area contributed by atoms with Crippen LogP contribution in [-0.2, 0) is 4.74 Å². The van der Waals surface area contributed by atoms with Crippen molar-refractivity contribution in [2.75, 3.05) is 33.4 Å². The fourth-order valence-electron chi connectivity index (χ4n) is 2.82. The Morgan fingerprint density at radius 3 is 1.55 bits per heavy atom. The Hall–Kier alpha value is -0.160. The highest BCUT2D eigenvalue weighted by molar-refractivity contribution is 4.64. The molecule has 0 aliphatic rings. The van der Waals surface area contributed by atoms with Gasteiger partial charge in [0.1, 0.15) is 0 Å². The number of aliphatic hydroxyl groups is 2. The third kappa shape index (κ3) is 16.2. The van der Waals surface area contributed by atoms with Gasteiger partial charge in [-0.2, -0.15) is 0 Å². The summed E-state index contributed by atoms with van der Waals surface area (Å²) in [6.45, 7) is 6.81. The first-order valence-corrected chi connectivity index (χ1v) is 9.13. The summed E-state index contributed by atoms with van der Waals surface area (Å²) in [4.78, 5) is 2.17. The van der Waals surface area contributed by atoms with Gasteiger partial charge in [-0.3, -0.25) is 4.90 Å². The zero-order chi connectivity index (χ0) is 16.6. The maximum absolute atomic E-state index is 9.48. The van der Waals surface area contributed by atoms with Crippen molar-refractivity contribution >= 4 is 0 Å². The van der Waals surface area contributed by atoms with E-state index in [1.54, 1.807) is 7.11 Å². The highest BCUT2D eigenvalue weighted by Crippen LogP contribution is 2.10. The lowest BCUT2D eigenvalue weighted by Gasteiger charge is -2.24. The fraction of sp³-hybridized carbons (Fsp3) is 1.00. The molecule has 0 aromatic carbocycles. The first kappa shape index (κ1) is 21.8. The molecule has 0 aromatic heterocycles. The van der Waals surface area contributed by atoms with E-state index in [-0.39, 0.29) is 12.2 Å². The van der Waals surface area contributed by atoms with Crippen molar-refractivity contribution in [3.05, 3.63) is 0 Å². The molecule has 4 heteroatoms. The second-order valence-electron chi connectivity index (χ2n) is 6.63. The standard InChI is InChI=1S/C18H39NO3/c1-17(20)15-19(16-18(2)21)13-11-9-7-5-4-6-8-10-12-14-22-3/h17-18,20-21H,4-16H2,1-3H3. The minimum Gasteiger partial charge on any atom is -0.392 e. The van der Waals surface area contributed by atoms with Gasteiger partial charge in [0.25, 0.3) is 0 Å². The average molecular weight is 318 g/mol. The quantitative estimate of drug-likeness (QED) is 0.429. The van der Waals surface area contributed by atoms with Gasteiger partial charge in [0.15, 0.2) is 0 Å². The van der Waals surface area contributed by atoms with Crippen molar-refractivity contribution in [3.8, 4) is 0 Å². The lowest BCUT2D eigenvalue weighted by atomic mass is 10.1. The Labute approximate surface area is 137 Å². The Kier molecular flexibility index (Phi) is 15.6. The number of methoxy groups -OCH3 is 1.